The number of terminal acetylenes is 1. The lowest BCUT2D eigenvalue weighted by atomic mass is 10.0. The van der Waals surface area contributed by atoms with Crippen molar-refractivity contribution in [2.24, 2.45) is 0 Å². The molecule has 2 rings (SSSR count). The van der Waals surface area contributed by atoms with Crippen LogP contribution in [0, 0.1) is 24.2 Å². The highest BCUT2D eigenvalue weighted by molar-refractivity contribution is 6.00. The summed E-state index contributed by atoms with van der Waals surface area (Å²) in [5, 5.41) is 11.4. The maximum Gasteiger partial charge on any atom is 0.344 e. The first-order chi connectivity index (χ1) is 11.2. The molecule has 2 aromatic carbocycles. The number of hydrogen-bond acceptors (Lipinski definition) is 1. The molecule has 23 heavy (non-hydrogen) atoms. The molecule has 2 heteroatoms. The van der Waals surface area contributed by atoms with Gasteiger partial charge in [-0.1, -0.05) is 54.3 Å². The summed E-state index contributed by atoms with van der Waals surface area (Å²) >= 11 is 0. The summed E-state index contributed by atoms with van der Waals surface area (Å²) in [6, 6.07) is 13.7. The Kier molecular flexibility index (Phi) is 6.04. The van der Waals surface area contributed by atoms with Crippen molar-refractivity contribution in [3.63, 3.8) is 0 Å². The topological polar surface area (TPSA) is 37.3 Å². The Morgan fingerprint density at radius 1 is 1.09 bits per heavy atom. The third-order valence-electron chi connectivity index (χ3n) is 3.45. The molecule has 114 valence electrons. The van der Waals surface area contributed by atoms with E-state index in [0.29, 0.717) is 6.42 Å². The summed E-state index contributed by atoms with van der Waals surface area (Å²) in [6.45, 7) is 0. The van der Waals surface area contributed by atoms with Gasteiger partial charge in [0.05, 0.1) is 0 Å². The van der Waals surface area contributed by atoms with E-state index in [2.05, 4.69) is 17.8 Å². The number of rotatable bonds is 5. The number of carbonyl (C=O) groups is 1. The van der Waals surface area contributed by atoms with Gasteiger partial charge in [-0.3, -0.25) is 0 Å². The molecule has 0 saturated heterocycles. The number of hydrogen-bond donors (Lipinski definition) is 1. The van der Waals surface area contributed by atoms with Crippen molar-refractivity contribution in [1.82, 2.24) is 0 Å². The molecule has 0 bridgehead atoms. The van der Waals surface area contributed by atoms with E-state index in [4.69, 9.17) is 6.42 Å². The average molecular weight is 302 g/mol. The van der Waals surface area contributed by atoms with Crippen molar-refractivity contribution >= 4 is 22.8 Å². The van der Waals surface area contributed by atoms with Crippen LogP contribution in [0.1, 0.15) is 31.2 Å². The van der Waals surface area contributed by atoms with Crippen LogP contribution in [-0.2, 0) is 4.79 Å². The van der Waals surface area contributed by atoms with E-state index in [1.165, 1.54) is 0 Å². The molecule has 0 aliphatic heterocycles. The number of unbranched alkanes of at least 4 members (excludes halogenated alkanes) is 3. The molecule has 1 N–H and O–H groups in total. The summed E-state index contributed by atoms with van der Waals surface area (Å²) in [5.74, 6) is 7.27. The Bertz CT molecular complexity index is 821. The fourth-order valence-electron chi connectivity index (χ4n) is 2.28. The van der Waals surface area contributed by atoms with E-state index in [9.17, 15) is 9.90 Å². The molecule has 0 unspecified atom stereocenters. The summed E-state index contributed by atoms with van der Waals surface area (Å²) in [5.41, 5.74) is 0.973. The zero-order chi connectivity index (χ0) is 16.5. The zero-order valence-electron chi connectivity index (χ0n) is 12.9. The lowest BCUT2D eigenvalue weighted by Gasteiger charge is -2.02. The van der Waals surface area contributed by atoms with Crippen LogP contribution in [0.15, 0.2) is 48.0 Å². The number of fused-ring (bicyclic) bond motifs is 1. The van der Waals surface area contributed by atoms with Crippen molar-refractivity contribution in [2.75, 3.05) is 0 Å². The van der Waals surface area contributed by atoms with Gasteiger partial charge in [0.2, 0.25) is 0 Å². The second kappa shape index (κ2) is 8.47. The SMILES string of the molecule is C#CCCCCC#C/C(=C/c1cccc2ccccc12)C(=O)O. The van der Waals surface area contributed by atoms with Crippen LogP contribution in [0.2, 0.25) is 0 Å². The Morgan fingerprint density at radius 3 is 2.61 bits per heavy atom. The van der Waals surface area contributed by atoms with Crippen LogP contribution in [-0.4, -0.2) is 11.1 Å². The molecular formula is C21H18O2. The van der Waals surface area contributed by atoms with Gasteiger partial charge in [-0.2, -0.15) is 0 Å². The van der Waals surface area contributed by atoms with Crippen LogP contribution in [0.25, 0.3) is 16.8 Å². The predicted molar refractivity (Wildman–Crippen MR) is 94.6 cm³/mol. The molecule has 0 fully saturated rings. The predicted octanol–water partition coefficient (Wildman–Crippen LogP) is 4.50. The smallest absolute Gasteiger partial charge is 0.344 e. The number of aliphatic carboxylic acids is 1. The van der Waals surface area contributed by atoms with Gasteiger partial charge >= 0.3 is 5.97 Å². The molecule has 0 aliphatic rings. The summed E-state index contributed by atoms with van der Waals surface area (Å²) in [6.07, 6.45) is 10.0. The molecule has 2 nitrogen and oxygen atoms in total. The molecule has 2 aromatic rings. The zero-order valence-corrected chi connectivity index (χ0v) is 12.9. The van der Waals surface area contributed by atoms with Crippen molar-refractivity contribution in [3.8, 4) is 24.2 Å². The van der Waals surface area contributed by atoms with Crippen LogP contribution in [0.4, 0.5) is 0 Å². The highest BCUT2D eigenvalue weighted by Crippen LogP contribution is 2.20. The normalized spacial score (nSPS) is 10.7. The van der Waals surface area contributed by atoms with Crippen molar-refractivity contribution in [3.05, 3.63) is 53.6 Å². The average Bonchev–Trinajstić information content (AvgIpc) is 2.57. The molecule has 0 aromatic heterocycles. The summed E-state index contributed by atoms with van der Waals surface area (Å²) in [7, 11) is 0. The maximum absolute atomic E-state index is 11.4. The Morgan fingerprint density at radius 2 is 1.83 bits per heavy atom. The lowest BCUT2D eigenvalue weighted by molar-refractivity contribution is -0.132. The first-order valence-electron chi connectivity index (χ1n) is 7.57. The Balaban J connectivity index is 2.23. The third kappa shape index (κ3) is 4.77. The highest BCUT2D eigenvalue weighted by atomic mass is 16.4. The molecule has 0 heterocycles. The van der Waals surface area contributed by atoms with Gasteiger partial charge in [-0.15, -0.1) is 12.3 Å². The quantitative estimate of drug-likeness (QED) is 0.501. The van der Waals surface area contributed by atoms with Crippen LogP contribution in [0.3, 0.4) is 0 Å². The van der Waals surface area contributed by atoms with Crippen molar-refractivity contribution in [1.29, 1.82) is 0 Å². The molecular weight excluding hydrogens is 284 g/mol. The van der Waals surface area contributed by atoms with Gasteiger partial charge in [0.15, 0.2) is 0 Å². The standard InChI is InChI=1S/C21H18O2/c1-2-3-4-5-6-7-12-19(21(22)23)16-18-14-10-13-17-11-8-9-15-20(17)18/h1,8-11,13-16H,3-6H2,(H,22,23)/b19-16-. The molecule has 0 aliphatic carbocycles. The van der Waals surface area contributed by atoms with E-state index < -0.39 is 5.97 Å². The first-order valence-corrected chi connectivity index (χ1v) is 7.57. The van der Waals surface area contributed by atoms with E-state index in [1.807, 2.05) is 42.5 Å². The van der Waals surface area contributed by atoms with Gasteiger partial charge in [-0.05, 0) is 35.3 Å². The second-order valence-electron chi connectivity index (χ2n) is 5.14. The van der Waals surface area contributed by atoms with Crippen LogP contribution >= 0.6 is 0 Å². The summed E-state index contributed by atoms with van der Waals surface area (Å²) < 4.78 is 0. The van der Waals surface area contributed by atoms with Gasteiger partial charge in [0.25, 0.3) is 0 Å². The Labute approximate surface area is 136 Å². The highest BCUT2D eigenvalue weighted by Gasteiger charge is 2.05. The van der Waals surface area contributed by atoms with Gasteiger partial charge in [-0.25, -0.2) is 4.79 Å². The molecule has 0 atom stereocenters. The molecule has 0 saturated carbocycles. The fraction of sp³-hybridized carbons (Fsp3) is 0.190. The summed E-state index contributed by atoms with van der Waals surface area (Å²) in [4.78, 5) is 11.4. The number of carboxylic acids is 1. The van der Waals surface area contributed by atoms with E-state index in [1.54, 1.807) is 6.08 Å². The largest absolute Gasteiger partial charge is 0.477 e. The monoisotopic (exact) mass is 302 g/mol. The van der Waals surface area contributed by atoms with Gasteiger partial charge < -0.3 is 5.11 Å². The number of carboxylic acid groups (broad SMARTS) is 1. The number of benzene rings is 2. The minimum absolute atomic E-state index is 0.110. The molecule has 0 spiro atoms. The first kappa shape index (κ1) is 16.4. The second-order valence-corrected chi connectivity index (χ2v) is 5.14. The van der Waals surface area contributed by atoms with Gasteiger partial charge in [0, 0.05) is 12.8 Å². The fourth-order valence-corrected chi connectivity index (χ4v) is 2.28. The van der Waals surface area contributed by atoms with E-state index in [0.717, 1.165) is 35.6 Å². The van der Waals surface area contributed by atoms with E-state index >= 15 is 0 Å². The Hall–Kier alpha value is -2.97. The minimum Gasteiger partial charge on any atom is -0.477 e. The van der Waals surface area contributed by atoms with Crippen molar-refractivity contribution < 1.29 is 9.90 Å². The minimum atomic E-state index is -1.01. The van der Waals surface area contributed by atoms with Gasteiger partial charge in [0.1, 0.15) is 5.57 Å². The van der Waals surface area contributed by atoms with Crippen molar-refractivity contribution in [2.45, 2.75) is 25.7 Å². The molecule has 0 radical (unpaired) electrons. The van der Waals surface area contributed by atoms with Crippen LogP contribution in [0.5, 0.6) is 0 Å². The maximum atomic E-state index is 11.4. The third-order valence-corrected chi connectivity index (χ3v) is 3.45. The van der Waals surface area contributed by atoms with E-state index in [-0.39, 0.29) is 5.57 Å². The van der Waals surface area contributed by atoms with Crippen LogP contribution < -0.4 is 0 Å². The molecule has 0 amide bonds. The lowest BCUT2D eigenvalue weighted by Crippen LogP contribution is -1.98.